The van der Waals surface area contributed by atoms with E-state index in [-0.39, 0.29) is 16.8 Å². The van der Waals surface area contributed by atoms with E-state index in [1.54, 1.807) is 24.3 Å². The van der Waals surface area contributed by atoms with Crippen LogP contribution in [-0.4, -0.2) is 47.0 Å². The lowest BCUT2D eigenvalue weighted by molar-refractivity contribution is 0.0942. The number of hydrogen-bond acceptors (Lipinski definition) is 5. The number of halogens is 1. The van der Waals surface area contributed by atoms with E-state index in [9.17, 15) is 13.2 Å². The van der Waals surface area contributed by atoms with Crippen molar-refractivity contribution in [2.75, 3.05) is 32.5 Å². The molecule has 2 N–H and O–H groups in total. The number of nitrogens with zero attached hydrogens (tertiary/aromatic N) is 1. The second-order valence-electron chi connectivity index (χ2n) is 7.54. The summed E-state index contributed by atoms with van der Waals surface area (Å²) in [4.78, 5) is 14.7. The highest BCUT2D eigenvalue weighted by molar-refractivity contribution is 7.92. The Morgan fingerprint density at radius 1 is 1.00 bits per heavy atom. The van der Waals surface area contributed by atoms with Crippen LogP contribution in [0, 0.1) is 0 Å². The van der Waals surface area contributed by atoms with Gasteiger partial charge in [-0.15, -0.1) is 0 Å². The number of likely N-dealkylation sites (N-methyl/N-ethyl adjacent to an activating group) is 1. The highest BCUT2D eigenvalue weighted by Crippen LogP contribution is 2.27. The fourth-order valence-electron chi connectivity index (χ4n) is 3.33. The average Bonchev–Trinajstić information content (AvgIpc) is 2.80. The van der Waals surface area contributed by atoms with Crippen LogP contribution in [0.1, 0.15) is 22.0 Å². The van der Waals surface area contributed by atoms with Gasteiger partial charge in [0.2, 0.25) is 0 Å². The highest BCUT2D eigenvalue weighted by atomic mass is 35.5. The normalized spacial score (nSPS) is 12.3. The molecule has 3 aromatic carbocycles. The fraction of sp³-hybridized carbons (Fsp3) is 0.208. The second-order valence-corrected chi connectivity index (χ2v) is 9.63. The molecule has 3 aromatic rings. The van der Waals surface area contributed by atoms with Crippen LogP contribution in [0.5, 0.6) is 5.75 Å². The van der Waals surface area contributed by atoms with Crippen molar-refractivity contribution in [3.8, 4) is 5.75 Å². The second kappa shape index (κ2) is 10.7. The zero-order valence-corrected chi connectivity index (χ0v) is 20.2. The van der Waals surface area contributed by atoms with Crippen molar-refractivity contribution < 1.29 is 17.9 Å². The molecule has 0 aromatic heterocycles. The molecule has 1 atom stereocenters. The number of rotatable bonds is 9. The summed E-state index contributed by atoms with van der Waals surface area (Å²) in [5.41, 5.74) is 1.59. The lowest BCUT2D eigenvalue weighted by Crippen LogP contribution is -2.34. The van der Waals surface area contributed by atoms with Crippen LogP contribution in [0.2, 0.25) is 5.02 Å². The summed E-state index contributed by atoms with van der Waals surface area (Å²) in [6.45, 7) is 0.338. The molecule has 0 saturated heterocycles. The lowest BCUT2D eigenvalue weighted by atomic mass is 10.1. The summed E-state index contributed by atoms with van der Waals surface area (Å²) in [7, 11) is 1.44. The summed E-state index contributed by atoms with van der Waals surface area (Å²) in [5.74, 6) is 0.0987. The van der Waals surface area contributed by atoms with Crippen LogP contribution in [-0.2, 0) is 10.0 Å². The first-order valence-corrected chi connectivity index (χ1v) is 12.0. The van der Waals surface area contributed by atoms with Crippen LogP contribution in [0.25, 0.3) is 0 Å². The van der Waals surface area contributed by atoms with Crippen LogP contribution in [0.3, 0.4) is 0 Å². The first kappa shape index (κ1) is 24.6. The van der Waals surface area contributed by atoms with E-state index >= 15 is 0 Å². The van der Waals surface area contributed by atoms with Gasteiger partial charge in [-0.2, -0.15) is 0 Å². The highest BCUT2D eigenvalue weighted by Gasteiger charge is 2.20. The van der Waals surface area contributed by atoms with Crippen molar-refractivity contribution >= 4 is 33.2 Å². The molecule has 0 saturated carbocycles. The molecule has 174 valence electrons. The number of hydrogen-bond donors (Lipinski definition) is 2. The van der Waals surface area contributed by atoms with Gasteiger partial charge in [-0.1, -0.05) is 41.9 Å². The predicted molar refractivity (Wildman–Crippen MR) is 130 cm³/mol. The number of methoxy groups -OCH3 is 1. The van der Waals surface area contributed by atoms with Crippen molar-refractivity contribution in [3.05, 3.63) is 88.9 Å². The summed E-state index contributed by atoms with van der Waals surface area (Å²) < 4.78 is 33.2. The Morgan fingerprint density at radius 3 is 2.27 bits per heavy atom. The maximum Gasteiger partial charge on any atom is 0.262 e. The van der Waals surface area contributed by atoms with E-state index in [0.717, 1.165) is 5.56 Å². The molecule has 7 nitrogen and oxygen atoms in total. The minimum atomic E-state index is -3.85. The van der Waals surface area contributed by atoms with Crippen LogP contribution in [0.15, 0.2) is 77.7 Å². The van der Waals surface area contributed by atoms with Gasteiger partial charge in [0, 0.05) is 17.1 Å². The molecule has 3 rings (SSSR count). The Morgan fingerprint density at radius 2 is 1.64 bits per heavy atom. The molecular weight excluding hydrogens is 462 g/mol. The van der Waals surface area contributed by atoms with Gasteiger partial charge in [-0.25, -0.2) is 8.42 Å². The number of sulfonamides is 1. The van der Waals surface area contributed by atoms with E-state index in [0.29, 0.717) is 28.6 Å². The van der Waals surface area contributed by atoms with E-state index in [2.05, 4.69) is 10.0 Å². The number of para-hydroxylation sites is 2. The molecule has 9 heteroatoms. The molecule has 0 fully saturated rings. The predicted octanol–water partition coefficient (Wildman–Crippen LogP) is 4.18. The standard InChI is InChI=1S/C24H26ClN3O4S/c1-28(2)22(19-8-4-5-9-20(19)25)16-26-24(29)17-12-14-18(15-13-17)33(30,31)27-21-10-6-7-11-23(21)32-3/h4-15,22,27H,16H2,1-3H3,(H,26,29). The topological polar surface area (TPSA) is 87.7 Å². The van der Waals surface area contributed by atoms with Gasteiger partial charge < -0.3 is 15.0 Å². The van der Waals surface area contributed by atoms with Gasteiger partial charge in [-0.05, 0) is 62.1 Å². The van der Waals surface area contributed by atoms with Crippen LogP contribution >= 0.6 is 11.6 Å². The number of amides is 1. The number of anilines is 1. The van der Waals surface area contributed by atoms with Gasteiger partial charge in [-0.3, -0.25) is 9.52 Å². The van der Waals surface area contributed by atoms with E-state index in [4.69, 9.17) is 16.3 Å². The van der Waals surface area contributed by atoms with Gasteiger partial charge in [0.15, 0.2) is 0 Å². The monoisotopic (exact) mass is 487 g/mol. The van der Waals surface area contributed by atoms with E-state index < -0.39 is 10.0 Å². The average molecular weight is 488 g/mol. The van der Waals surface area contributed by atoms with E-state index in [1.807, 2.05) is 43.3 Å². The molecule has 1 unspecified atom stereocenters. The molecule has 33 heavy (non-hydrogen) atoms. The first-order valence-electron chi connectivity index (χ1n) is 10.2. The van der Waals surface area contributed by atoms with E-state index in [1.165, 1.54) is 31.4 Å². The molecule has 0 spiro atoms. The number of carbonyl (C=O) groups is 1. The summed E-state index contributed by atoms with van der Waals surface area (Å²) in [5, 5.41) is 3.53. The molecule has 0 aliphatic heterocycles. The smallest absolute Gasteiger partial charge is 0.262 e. The van der Waals surface area contributed by atoms with Crippen molar-refractivity contribution in [2.45, 2.75) is 10.9 Å². The SMILES string of the molecule is COc1ccccc1NS(=O)(=O)c1ccc(C(=O)NCC(c2ccccc2Cl)N(C)C)cc1. The molecule has 0 aliphatic rings. The van der Waals surface area contributed by atoms with Gasteiger partial charge in [0.05, 0.1) is 23.7 Å². The minimum Gasteiger partial charge on any atom is -0.495 e. The third kappa shape index (κ3) is 6.04. The Labute approximate surface area is 199 Å². The van der Waals surface area contributed by atoms with Crippen molar-refractivity contribution in [2.24, 2.45) is 0 Å². The molecule has 0 radical (unpaired) electrons. The number of benzene rings is 3. The Balaban J connectivity index is 1.70. The van der Waals surface area contributed by atoms with Gasteiger partial charge in [0.25, 0.3) is 15.9 Å². The Bertz CT molecular complexity index is 1210. The van der Waals surface area contributed by atoms with Crippen molar-refractivity contribution in [3.63, 3.8) is 0 Å². The lowest BCUT2D eigenvalue weighted by Gasteiger charge is -2.26. The van der Waals surface area contributed by atoms with Crippen molar-refractivity contribution in [1.82, 2.24) is 10.2 Å². The Hall–Kier alpha value is -3.07. The molecular formula is C24H26ClN3O4S. The quantitative estimate of drug-likeness (QED) is 0.472. The third-order valence-corrected chi connectivity index (χ3v) is 6.85. The maximum atomic E-state index is 12.7. The van der Waals surface area contributed by atoms with Gasteiger partial charge >= 0.3 is 0 Å². The number of ether oxygens (including phenoxy) is 1. The fourth-order valence-corrected chi connectivity index (χ4v) is 4.66. The molecule has 0 aliphatic carbocycles. The largest absolute Gasteiger partial charge is 0.495 e. The first-order chi connectivity index (χ1) is 15.7. The van der Waals surface area contributed by atoms with Crippen molar-refractivity contribution in [1.29, 1.82) is 0 Å². The Kier molecular flexibility index (Phi) is 7.97. The molecule has 1 amide bonds. The van der Waals surface area contributed by atoms with Crippen LogP contribution < -0.4 is 14.8 Å². The summed E-state index contributed by atoms with van der Waals surface area (Å²) in [6, 6.07) is 19.8. The van der Waals surface area contributed by atoms with Crippen LogP contribution in [0.4, 0.5) is 5.69 Å². The summed E-state index contributed by atoms with van der Waals surface area (Å²) in [6.07, 6.45) is 0. The zero-order valence-electron chi connectivity index (χ0n) is 18.6. The molecule has 0 heterocycles. The number of nitrogens with one attached hydrogen (secondary N) is 2. The maximum absolute atomic E-state index is 12.7. The van der Waals surface area contributed by atoms with Gasteiger partial charge in [0.1, 0.15) is 5.75 Å². The number of carbonyl (C=O) groups excluding carboxylic acids is 1. The minimum absolute atomic E-state index is 0.0344. The zero-order chi connectivity index (χ0) is 24.0. The molecule has 0 bridgehead atoms. The summed E-state index contributed by atoms with van der Waals surface area (Å²) >= 11 is 6.32. The third-order valence-electron chi connectivity index (χ3n) is 5.12.